The number of nitrogens with one attached hydrogen (secondary N) is 3. The summed E-state index contributed by atoms with van der Waals surface area (Å²) >= 11 is 0. The van der Waals surface area contributed by atoms with Gasteiger partial charge in [0.1, 0.15) is 5.82 Å². The molecule has 0 fully saturated rings. The van der Waals surface area contributed by atoms with Crippen molar-refractivity contribution in [2.45, 2.75) is 39.2 Å². The molecule has 0 aliphatic carbocycles. The number of anilines is 4. The van der Waals surface area contributed by atoms with Gasteiger partial charge in [-0.3, -0.25) is 14.4 Å². The quantitative estimate of drug-likeness (QED) is 0.527. The van der Waals surface area contributed by atoms with Crippen LogP contribution in [-0.4, -0.2) is 29.3 Å². The van der Waals surface area contributed by atoms with Crippen LogP contribution in [0.3, 0.4) is 0 Å². The van der Waals surface area contributed by atoms with Crippen LogP contribution in [0.15, 0.2) is 54.7 Å². The van der Waals surface area contributed by atoms with Gasteiger partial charge in [0.05, 0.1) is 5.56 Å². The molecule has 3 heterocycles. The first-order valence-corrected chi connectivity index (χ1v) is 11.6. The first kappa shape index (κ1) is 22.6. The van der Waals surface area contributed by atoms with Crippen LogP contribution in [0.5, 0.6) is 0 Å². The summed E-state index contributed by atoms with van der Waals surface area (Å²) in [5, 5.41) is 9.00. The molecular formula is C27H27N5O3. The molecule has 2 aromatic carbocycles. The molecule has 178 valence electrons. The third kappa shape index (κ3) is 4.12. The summed E-state index contributed by atoms with van der Waals surface area (Å²) in [7, 11) is 0. The van der Waals surface area contributed by atoms with E-state index in [0.717, 1.165) is 28.9 Å². The van der Waals surface area contributed by atoms with Crippen molar-refractivity contribution >= 4 is 40.6 Å². The number of fused-ring (bicyclic) bond motifs is 2. The molecule has 0 unspecified atom stereocenters. The monoisotopic (exact) mass is 469 g/mol. The van der Waals surface area contributed by atoms with Crippen molar-refractivity contribution in [3.05, 3.63) is 77.0 Å². The molecule has 5 rings (SSSR count). The lowest BCUT2D eigenvalue weighted by atomic mass is 9.77. The Balaban J connectivity index is 1.43. The predicted octanol–water partition coefficient (Wildman–Crippen LogP) is 4.36. The smallest absolute Gasteiger partial charge is 0.259 e. The molecule has 3 amide bonds. The Labute approximate surface area is 203 Å². The number of amides is 3. The SMILES string of the molecule is CC(=O)N1CCC(C)(C)c2ccc(NC(=O)c3cccnc3Nc3cccc4c3CNC4=O)cc21. The van der Waals surface area contributed by atoms with Gasteiger partial charge < -0.3 is 20.9 Å². The molecule has 0 saturated heterocycles. The van der Waals surface area contributed by atoms with Gasteiger partial charge in [-0.25, -0.2) is 4.98 Å². The normalized spacial score (nSPS) is 15.6. The van der Waals surface area contributed by atoms with Crippen molar-refractivity contribution < 1.29 is 14.4 Å². The summed E-state index contributed by atoms with van der Waals surface area (Å²) in [6, 6.07) is 14.5. The van der Waals surface area contributed by atoms with Gasteiger partial charge in [-0.05, 0) is 53.8 Å². The molecule has 35 heavy (non-hydrogen) atoms. The summed E-state index contributed by atoms with van der Waals surface area (Å²) in [5.41, 5.74) is 5.00. The van der Waals surface area contributed by atoms with E-state index in [1.165, 1.54) is 0 Å². The van der Waals surface area contributed by atoms with Gasteiger partial charge in [-0.2, -0.15) is 0 Å². The molecule has 0 spiro atoms. The van der Waals surface area contributed by atoms with Gasteiger partial charge >= 0.3 is 0 Å². The molecule has 0 atom stereocenters. The Morgan fingerprint density at radius 2 is 1.94 bits per heavy atom. The third-order valence-electron chi connectivity index (χ3n) is 6.77. The van der Waals surface area contributed by atoms with Gasteiger partial charge in [0.15, 0.2) is 0 Å². The Morgan fingerprint density at radius 1 is 1.11 bits per heavy atom. The van der Waals surface area contributed by atoms with Crippen LogP contribution in [0, 0.1) is 0 Å². The number of benzene rings is 2. The number of hydrogen-bond donors (Lipinski definition) is 3. The summed E-state index contributed by atoms with van der Waals surface area (Å²) in [4.78, 5) is 43.7. The Hall–Kier alpha value is -4.20. The highest BCUT2D eigenvalue weighted by Gasteiger charge is 2.33. The Bertz CT molecular complexity index is 1360. The largest absolute Gasteiger partial charge is 0.348 e. The van der Waals surface area contributed by atoms with Gasteiger partial charge in [-0.15, -0.1) is 0 Å². The number of carbonyl (C=O) groups is 3. The number of pyridine rings is 1. The third-order valence-corrected chi connectivity index (χ3v) is 6.77. The topological polar surface area (TPSA) is 103 Å². The van der Waals surface area contributed by atoms with E-state index in [1.54, 1.807) is 42.3 Å². The number of hydrogen-bond acceptors (Lipinski definition) is 5. The summed E-state index contributed by atoms with van der Waals surface area (Å²) < 4.78 is 0. The van der Waals surface area contributed by atoms with Crippen LogP contribution in [-0.2, 0) is 16.8 Å². The van der Waals surface area contributed by atoms with E-state index in [0.29, 0.717) is 35.7 Å². The highest BCUT2D eigenvalue weighted by Crippen LogP contribution is 2.41. The maximum Gasteiger partial charge on any atom is 0.259 e. The maximum absolute atomic E-state index is 13.3. The fourth-order valence-corrected chi connectivity index (χ4v) is 4.76. The maximum atomic E-state index is 13.3. The highest BCUT2D eigenvalue weighted by molar-refractivity contribution is 6.08. The molecule has 8 heteroatoms. The summed E-state index contributed by atoms with van der Waals surface area (Å²) in [6.07, 6.45) is 2.48. The lowest BCUT2D eigenvalue weighted by Gasteiger charge is -2.39. The van der Waals surface area contributed by atoms with Crippen LogP contribution in [0.25, 0.3) is 0 Å². The lowest BCUT2D eigenvalue weighted by Crippen LogP contribution is -2.40. The van der Waals surface area contributed by atoms with Crippen molar-refractivity contribution in [3.63, 3.8) is 0 Å². The summed E-state index contributed by atoms with van der Waals surface area (Å²) in [5.74, 6) is -0.0702. The number of nitrogens with zero attached hydrogens (tertiary/aromatic N) is 2. The van der Waals surface area contributed by atoms with Crippen molar-refractivity contribution in [1.29, 1.82) is 0 Å². The van der Waals surface area contributed by atoms with Crippen LogP contribution >= 0.6 is 0 Å². The molecule has 3 N–H and O–H groups in total. The van der Waals surface area contributed by atoms with Crippen molar-refractivity contribution in [3.8, 4) is 0 Å². The van der Waals surface area contributed by atoms with Gasteiger partial charge in [-0.1, -0.05) is 26.0 Å². The van der Waals surface area contributed by atoms with Crippen LogP contribution in [0.1, 0.15) is 59.0 Å². The van der Waals surface area contributed by atoms with E-state index in [-0.39, 0.29) is 23.1 Å². The average Bonchev–Trinajstić information content (AvgIpc) is 3.21. The number of rotatable bonds is 4. The molecule has 2 aliphatic heterocycles. The molecular weight excluding hydrogens is 442 g/mol. The first-order chi connectivity index (χ1) is 16.7. The molecule has 2 aliphatic rings. The minimum atomic E-state index is -0.327. The zero-order valence-corrected chi connectivity index (χ0v) is 19.9. The Morgan fingerprint density at radius 3 is 2.74 bits per heavy atom. The first-order valence-electron chi connectivity index (χ1n) is 11.6. The highest BCUT2D eigenvalue weighted by atomic mass is 16.2. The number of aromatic nitrogens is 1. The summed E-state index contributed by atoms with van der Waals surface area (Å²) in [6.45, 7) is 6.95. The van der Waals surface area contributed by atoms with Crippen LogP contribution < -0.4 is 20.9 Å². The van der Waals surface area contributed by atoms with E-state index in [2.05, 4.69) is 34.8 Å². The molecule has 8 nitrogen and oxygen atoms in total. The second kappa shape index (κ2) is 8.54. The van der Waals surface area contributed by atoms with Gasteiger partial charge in [0, 0.05) is 54.4 Å². The van der Waals surface area contributed by atoms with E-state index in [4.69, 9.17) is 0 Å². The fraction of sp³-hybridized carbons (Fsp3) is 0.259. The van der Waals surface area contributed by atoms with Crippen LogP contribution in [0.4, 0.5) is 22.9 Å². The van der Waals surface area contributed by atoms with Gasteiger partial charge in [0.25, 0.3) is 11.8 Å². The van der Waals surface area contributed by atoms with E-state index in [9.17, 15) is 14.4 Å². The van der Waals surface area contributed by atoms with Gasteiger partial charge in [0.2, 0.25) is 5.91 Å². The minimum Gasteiger partial charge on any atom is -0.348 e. The fourth-order valence-electron chi connectivity index (χ4n) is 4.76. The van der Waals surface area contributed by atoms with E-state index in [1.807, 2.05) is 24.3 Å². The lowest BCUT2D eigenvalue weighted by molar-refractivity contribution is -0.116. The second-order valence-electron chi connectivity index (χ2n) is 9.53. The molecule has 0 saturated carbocycles. The molecule has 0 bridgehead atoms. The van der Waals surface area contributed by atoms with E-state index < -0.39 is 0 Å². The van der Waals surface area contributed by atoms with E-state index >= 15 is 0 Å². The molecule has 1 aromatic heterocycles. The molecule has 0 radical (unpaired) electrons. The zero-order valence-electron chi connectivity index (χ0n) is 19.9. The minimum absolute atomic E-state index is 0.0210. The average molecular weight is 470 g/mol. The predicted molar refractivity (Wildman–Crippen MR) is 135 cm³/mol. The Kier molecular flexibility index (Phi) is 5.51. The van der Waals surface area contributed by atoms with Crippen LogP contribution in [0.2, 0.25) is 0 Å². The zero-order chi connectivity index (χ0) is 24.7. The number of carbonyl (C=O) groups excluding carboxylic acids is 3. The van der Waals surface area contributed by atoms with Crippen molar-refractivity contribution in [1.82, 2.24) is 10.3 Å². The standard InChI is InChI=1S/C27H27N5O3/c1-16(33)32-13-11-27(2,3)21-10-9-17(14-23(21)32)30-26(35)19-7-5-12-28-24(19)31-22-8-4-6-18-20(22)15-29-25(18)34/h4-10,12,14H,11,13,15H2,1-3H3,(H,28,31)(H,29,34)(H,30,35). The van der Waals surface area contributed by atoms with Crippen molar-refractivity contribution in [2.24, 2.45) is 0 Å². The second-order valence-corrected chi connectivity index (χ2v) is 9.53. The van der Waals surface area contributed by atoms with Crippen molar-refractivity contribution in [2.75, 3.05) is 22.1 Å². The molecule has 3 aromatic rings.